The summed E-state index contributed by atoms with van der Waals surface area (Å²) in [6.45, 7) is 0. The Bertz CT molecular complexity index is 1900. The molecule has 0 N–H and O–H groups in total. The summed E-state index contributed by atoms with van der Waals surface area (Å²) in [5.74, 6) is 0.570. The van der Waals surface area contributed by atoms with Crippen LogP contribution in [0.15, 0.2) is 170 Å². The van der Waals surface area contributed by atoms with E-state index >= 15 is 0 Å². The van der Waals surface area contributed by atoms with E-state index in [2.05, 4.69) is 170 Å². The van der Waals surface area contributed by atoms with Crippen LogP contribution in [0.3, 0.4) is 0 Å². The topological polar surface area (TPSA) is 0 Å². The maximum Gasteiger partial charge on any atom is 0.0352 e. The first-order valence-electron chi connectivity index (χ1n) is 15.5. The Morgan fingerprint density at radius 3 is 0.727 bits per heavy atom. The molecule has 0 nitrogen and oxygen atoms in total. The molecule has 0 heteroatoms. The van der Waals surface area contributed by atoms with Crippen LogP contribution in [-0.4, -0.2) is 0 Å². The largest absolute Gasteiger partial charge is 0.0619 e. The Morgan fingerprint density at radius 2 is 0.455 bits per heavy atom. The van der Waals surface area contributed by atoms with E-state index in [0.717, 1.165) is 0 Å². The zero-order chi connectivity index (χ0) is 29.0. The first-order valence-corrected chi connectivity index (χ1v) is 15.5. The number of rotatable bonds is 4. The van der Waals surface area contributed by atoms with Crippen molar-refractivity contribution in [3.63, 3.8) is 0 Å². The monoisotopic (exact) mass is 558 g/mol. The molecule has 2 aliphatic rings. The fourth-order valence-corrected chi connectivity index (χ4v) is 7.62. The Balaban J connectivity index is 0.976. The summed E-state index contributed by atoms with van der Waals surface area (Å²) in [4.78, 5) is 0. The lowest BCUT2D eigenvalue weighted by Gasteiger charge is -2.15. The third-order valence-electron chi connectivity index (χ3n) is 9.71. The van der Waals surface area contributed by atoms with E-state index in [4.69, 9.17) is 0 Å². The smallest absolute Gasteiger partial charge is 0.0352 e. The van der Waals surface area contributed by atoms with Gasteiger partial charge >= 0.3 is 0 Å². The molecule has 0 saturated heterocycles. The molecule has 0 radical (unpaired) electrons. The van der Waals surface area contributed by atoms with Crippen LogP contribution in [0.25, 0.3) is 44.5 Å². The molecule has 0 atom stereocenters. The van der Waals surface area contributed by atoms with E-state index in [0.29, 0.717) is 0 Å². The van der Waals surface area contributed by atoms with E-state index < -0.39 is 0 Å². The number of hydrogen-bond acceptors (Lipinski definition) is 0. The van der Waals surface area contributed by atoms with Crippen LogP contribution in [0, 0.1) is 0 Å². The first kappa shape index (κ1) is 25.1. The summed E-state index contributed by atoms with van der Waals surface area (Å²) in [6.07, 6.45) is 0. The van der Waals surface area contributed by atoms with Crippen molar-refractivity contribution in [3.8, 4) is 44.5 Å². The minimum atomic E-state index is 0.285. The van der Waals surface area contributed by atoms with Crippen LogP contribution in [0.5, 0.6) is 0 Å². The molecule has 206 valence electrons. The average Bonchev–Trinajstić information content (AvgIpc) is 3.62. The maximum atomic E-state index is 2.31. The second kappa shape index (κ2) is 10.1. The molecule has 0 unspecified atom stereocenters. The van der Waals surface area contributed by atoms with Gasteiger partial charge in [-0.3, -0.25) is 0 Å². The minimum Gasteiger partial charge on any atom is -0.0619 e. The summed E-state index contributed by atoms with van der Waals surface area (Å²) in [7, 11) is 0. The average molecular weight is 559 g/mol. The minimum absolute atomic E-state index is 0.285. The van der Waals surface area contributed by atoms with Gasteiger partial charge in [0.15, 0.2) is 0 Å². The van der Waals surface area contributed by atoms with E-state index in [1.807, 2.05) is 0 Å². The predicted molar refractivity (Wildman–Crippen MR) is 183 cm³/mol. The summed E-state index contributed by atoms with van der Waals surface area (Å²) in [6, 6.07) is 62.7. The molecule has 0 bridgehead atoms. The molecular weight excluding hydrogens is 528 g/mol. The zero-order valence-corrected chi connectivity index (χ0v) is 24.3. The molecule has 7 aromatic rings. The van der Waals surface area contributed by atoms with Crippen molar-refractivity contribution < 1.29 is 0 Å². The van der Waals surface area contributed by atoms with Crippen molar-refractivity contribution >= 4 is 0 Å². The lowest BCUT2D eigenvalue weighted by molar-refractivity contribution is 1.02. The van der Waals surface area contributed by atoms with Gasteiger partial charge in [0.05, 0.1) is 0 Å². The number of benzene rings is 7. The number of hydrogen-bond donors (Lipinski definition) is 0. The Kier molecular flexibility index (Phi) is 5.74. The van der Waals surface area contributed by atoms with E-state index in [9.17, 15) is 0 Å². The SMILES string of the molecule is c1ccc2c(c1)-c1ccccc1C2c1ccc(-c2ccc(-c3ccc(C4c5ccccc5-c5ccccc54)cc3)cc2)cc1. The van der Waals surface area contributed by atoms with E-state index in [-0.39, 0.29) is 11.8 Å². The summed E-state index contributed by atoms with van der Waals surface area (Å²) in [5.41, 5.74) is 18.7. The Hall–Kier alpha value is -5.46. The highest BCUT2D eigenvalue weighted by Crippen LogP contribution is 2.49. The second-order valence-electron chi connectivity index (χ2n) is 12.0. The van der Waals surface area contributed by atoms with Gasteiger partial charge in [0, 0.05) is 11.8 Å². The standard InChI is InChI=1S/C44H30/c1-5-13-39-35(9-1)36-10-2-6-14-40(36)43(39)33-25-21-31(22-26-33)29-17-19-30(20-18-29)32-23-27-34(28-24-32)44-41-15-7-3-11-37(41)38-12-4-8-16-42(38)44/h1-28,43-44H. The van der Waals surface area contributed by atoms with Crippen LogP contribution in [0.4, 0.5) is 0 Å². The summed E-state index contributed by atoms with van der Waals surface area (Å²) in [5, 5.41) is 0. The Labute approximate surface area is 258 Å². The van der Waals surface area contributed by atoms with Gasteiger partial charge in [-0.25, -0.2) is 0 Å². The van der Waals surface area contributed by atoms with Crippen LogP contribution in [0.2, 0.25) is 0 Å². The quantitative estimate of drug-likeness (QED) is 0.201. The molecule has 44 heavy (non-hydrogen) atoms. The fraction of sp³-hybridized carbons (Fsp3) is 0.0455. The summed E-state index contributed by atoms with van der Waals surface area (Å²) >= 11 is 0. The van der Waals surface area contributed by atoms with Gasteiger partial charge in [-0.05, 0) is 77.9 Å². The third kappa shape index (κ3) is 3.92. The fourth-order valence-electron chi connectivity index (χ4n) is 7.62. The molecule has 2 aliphatic carbocycles. The van der Waals surface area contributed by atoms with Gasteiger partial charge in [0.25, 0.3) is 0 Å². The summed E-state index contributed by atoms with van der Waals surface area (Å²) < 4.78 is 0. The number of fused-ring (bicyclic) bond motifs is 6. The van der Waals surface area contributed by atoms with Gasteiger partial charge in [-0.1, -0.05) is 170 Å². The molecule has 0 saturated carbocycles. The highest BCUT2D eigenvalue weighted by Gasteiger charge is 2.30. The van der Waals surface area contributed by atoms with Gasteiger partial charge in [-0.2, -0.15) is 0 Å². The maximum absolute atomic E-state index is 2.31. The van der Waals surface area contributed by atoms with Gasteiger partial charge in [0.1, 0.15) is 0 Å². The van der Waals surface area contributed by atoms with Crippen molar-refractivity contribution in [2.45, 2.75) is 11.8 Å². The highest BCUT2D eigenvalue weighted by molar-refractivity contribution is 5.82. The molecule has 0 aromatic heterocycles. The molecule has 9 rings (SSSR count). The van der Waals surface area contributed by atoms with E-state index in [1.165, 1.54) is 77.9 Å². The molecule has 7 aromatic carbocycles. The molecule has 0 aliphatic heterocycles. The molecular formula is C44H30. The molecule has 0 spiro atoms. The van der Waals surface area contributed by atoms with Gasteiger partial charge in [-0.15, -0.1) is 0 Å². The molecule has 0 amide bonds. The van der Waals surface area contributed by atoms with Gasteiger partial charge < -0.3 is 0 Å². The van der Waals surface area contributed by atoms with Crippen molar-refractivity contribution in [2.75, 3.05) is 0 Å². The zero-order valence-electron chi connectivity index (χ0n) is 24.3. The van der Waals surface area contributed by atoms with Crippen molar-refractivity contribution in [1.29, 1.82) is 0 Å². The van der Waals surface area contributed by atoms with E-state index in [1.54, 1.807) is 0 Å². The van der Waals surface area contributed by atoms with Crippen LogP contribution in [0.1, 0.15) is 45.2 Å². The molecule has 0 fully saturated rings. The Morgan fingerprint density at radius 1 is 0.227 bits per heavy atom. The highest BCUT2D eigenvalue weighted by atomic mass is 14.3. The van der Waals surface area contributed by atoms with Gasteiger partial charge in [0.2, 0.25) is 0 Å². The van der Waals surface area contributed by atoms with Crippen LogP contribution in [-0.2, 0) is 0 Å². The first-order chi connectivity index (χ1) is 21.8. The lowest BCUT2D eigenvalue weighted by Crippen LogP contribution is -1.99. The predicted octanol–water partition coefficient (Wildman–Crippen LogP) is 11.3. The third-order valence-corrected chi connectivity index (χ3v) is 9.71. The van der Waals surface area contributed by atoms with Crippen molar-refractivity contribution in [1.82, 2.24) is 0 Å². The normalized spacial score (nSPS) is 13.3. The van der Waals surface area contributed by atoms with Crippen LogP contribution >= 0.6 is 0 Å². The van der Waals surface area contributed by atoms with Crippen molar-refractivity contribution in [2.24, 2.45) is 0 Å². The molecule has 0 heterocycles. The lowest BCUT2D eigenvalue weighted by atomic mass is 9.88. The second-order valence-corrected chi connectivity index (χ2v) is 12.0. The van der Waals surface area contributed by atoms with Crippen molar-refractivity contribution in [3.05, 3.63) is 203 Å². The van der Waals surface area contributed by atoms with Crippen LogP contribution < -0.4 is 0 Å².